The van der Waals surface area contributed by atoms with E-state index in [1.54, 1.807) is 26.0 Å². The van der Waals surface area contributed by atoms with E-state index in [9.17, 15) is 18.0 Å². The van der Waals surface area contributed by atoms with Crippen molar-refractivity contribution >= 4 is 21.9 Å². The Hall–Kier alpha value is -1.97. The zero-order valence-electron chi connectivity index (χ0n) is 15.5. The van der Waals surface area contributed by atoms with E-state index in [2.05, 4.69) is 10.0 Å². The number of esters is 1. The molecule has 26 heavy (non-hydrogen) atoms. The Bertz CT molecular complexity index is 723. The van der Waals surface area contributed by atoms with Crippen molar-refractivity contribution in [3.63, 3.8) is 0 Å². The highest BCUT2D eigenvalue weighted by atomic mass is 32.2. The van der Waals surface area contributed by atoms with Crippen molar-refractivity contribution in [1.82, 2.24) is 10.0 Å². The smallest absolute Gasteiger partial charge is 0.307 e. The SMILES string of the molecule is COCCNC(=O)COC(=O)CCNS(=O)(=O)c1c(C)cc(C)cc1C. The van der Waals surface area contributed by atoms with Crippen molar-refractivity contribution in [1.29, 1.82) is 0 Å². The van der Waals surface area contributed by atoms with Crippen LogP contribution in [-0.2, 0) is 29.1 Å². The topological polar surface area (TPSA) is 111 Å². The van der Waals surface area contributed by atoms with Crippen LogP contribution in [0.3, 0.4) is 0 Å². The molecule has 1 aromatic rings. The fourth-order valence-corrected chi connectivity index (χ4v) is 3.99. The second-order valence-corrected chi connectivity index (χ2v) is 7.58. The zero-order chi connectivity index (χ0) is 19.7. The lowest BCUT2D eigenvalue weighted by Gasteiger charge is -2.13. The third-order valence-corrected chi connectivity index (χ3v) is 5.25. The number of methoxy groups -OCH3 is 1. The molecule has 0 aromatic heterocycles. The minimum Gasteiger partial charge on any atom is -0.456 e. The van der Waals surface area contributed by atoms with Crippen molar-refractivity contribution in [2.45, 2.75) is 32.1 Å². The summed E-state index contributed by atoms with van der Waals surface area (Å²) >= 11 is 0. The molecule has 2 N–H and O–H groups in total. The summed E-state index contributed by atoms with van der Waals surface area (Å²) in [4.78, 5) is 23.2. The molecule has 9 heteroatoms. The maximum Gasteiger partial charge on any atom is 0.307 e. The maximum absolute atomic E-state index is 12.4. The van der Waals surface area contributed by atoms with Gasteiger partial charge in [-0.05, 0) is 31.9 Å². The number of hydrogen-bond acceptors (Lipinski definition) is 6. The van der Waals surface area contributed by atoms with Gasteiger partial charge in [-0.3, -0.25) is 9.59 Å². The van der Waals surface area contributed by atoms with Gasteiger partial charge in [0.15, 0.2) is 6.61 Å². The number of nitrogens with one attached hydrogen (secondary N) is 2. The molecule has 0 saturated carbocycles. The monoisotopic (exact) mass is 386 g/mol. The van der Waals surface area contributed by atoms with E-state index < -0.39 is 28.5 Å². The number of carbonyl (C=O) groups is 2. The Morgan fingerprint density at radius 1 is 1.08 bits per heavy atom. The van der Waals surface area contributed by atoms with Gasteiger partial charge in [-0.25, -0.2) is 13.1 Å². The van der Waals surface area contributed by atoms with Gasteiger partial charge in [0.05, 0.1) is 17.9 Å². The summed E-state index contributed by atoms with van der Waals surface area (Å²) in [6.07, 6.45) is -0.172. The van der Waals surface area contributed by atoms with Gasteiger partial charge in [0.1, 0.15) is 0 Å². The predicted molar refractivity (Wildman–Crippen MR) is 96.3 cm³/mol. The molecule has 1 aromatic carbocycles. The molecule has 8 nitrogen and oxygen atoms in total. The Labute approximate surface area is 154 Å². The van der Waals surface area contributed by atoms with Gasteiger partial charge in [0.2, 0.25) is 10.0 Å². The molecule has 0 fully saturated rings. The van der Waals surface area contributed by atoms with Crippen LogP contribution in [0.4, 0.5) is 0 Å². The van der Waals surface area contributed by atoms with Crippen LogP contribution in [0.5, 0.6) is 0 Å². The summed E-state index contributed by atoms with van der Waals surface area (Å²) in [5, 5.41) is 2.51. The van der Waals surface area contributed by atoms with Gasteiger partial charge in [-0.2, -0.15) is 0 Å². The van der Waals surface area contributed by atoms with Gasteiger partial charge < -0.3 is 14.8 Å². The maximum atomic E-state index is 12.4. The highest BCUT2D eigenvalue weighted by Gasteiger charge is 2.20. The van der Waals surface area contributed by atoms with Crippen LogP contribution >= 0.6 is 0 Å². The molecule has 0 aliphatic carbocycles. The van der Waals surface area contributed by atoms with Crippen molar-refractivity contribution < 1.29 is 27.5 Å². The molecule has 0 atom stereocenters. The second kappa shape index (κ2) is 10.2. The van der Waals surface area contributed by atoms with Crippen molar-refractivity contribution in [2.24, 2.45) is 0 Å². The number of benzene rings is 1. The molecule has 0 aliphatic rings. The minimum absolute atomic E-state index is 0.112. The van der Waals surface area contributed by atoms with E-state index >= 15 is 0 Å². The van der Waals surface area contributed by atoms with E-state index in [1.165, 1.54) is 7.11 Å². The molecular formula is C17H26N2O6S. The molecular weight excluding hydrogens is 360 g/mol. The van der Waals surface area contributed by atoms with Crippen molar-refractivity contribution in [3.05, 3.63) is 28.8 Å². The molecule has 0 unspecified atom stereocenters. The summed E-state index contributed by atoms with van der Waals surface area (Å²) in [5.74, 6) is -1.10. The normalized spacial score (nSPS) is 11.2. The number of sulfonamides is 1. The summed E-state index contributed by atoms with van der Waals surface area (Å²) in [6, 6.07) is 3.58. The first-order valence-electron chi connectivity index (χ1n) is 8.16. The van der Waals surface area contributed by atoms with Crippen LogP contribution < -0.4 is 10.0 Å². The number of carbonyl (C=O) groups excluding carboxylic acids is 2. The third-order valence-electron chi connectivity index (χ3n) is 3.49. The Morgan fingerprint density at radius 3 is 2.27 bits per heavy atom. The van der Waals surface area contributed by atoms with Gasteiger partial charge in [0.25, 0.3) is 5.91 Å². The molecule has 0 saturated heterocycles. The summed E-state index contributed by atoms with van der Waals surface area (Å²) < 4.78 is 36.8. The number of rotatable bonds is 10. The lowest BCUT2D eigenvalue weighted by Crippen LogP contribution is -2.32. The summed E-state index contributed by atoms with van der Waals surface area (Å²) in [5.41, 5.74) is 2.27. The Balaban J connectivity index is 2.47. The van der Waals surface area contributed by atoms with Crippen LogP contribution in [0, 0.1) is 20.8 Å². The van der Waals surface area contributed by atoms with E-state index in [-0.39, 0.29) is 17.9 Å². The van der Waals surface area contributed by atoms with Crippen molar-refractivity contribution in [3.8, 4) is 0 Å². The van der Waals surface area contributed by atoms with Gasteiger partial charge >= 0.3 is 5.97 Å². The van der Waals surface area contributed by atoms with Crippen LogP contribution in [0.25, 0.3) is 0 Å². The molecule has 0 radical (unpaired) electrons. The van der Waals surface area contributed by atoms with Crippen molar-refractivity contribution in [2.75, 3.05) is 33.4 Å². The molecule has 0 spiro atoms. The molecule has 1 rings (SSSR count). The largest absolute Gasteiger partial charge is 0.456 e. The number of ether oxygens (including phenoxy) is 2. The summed E-state index contributed by atoms with van der Waals surface area (Å²) in [7, 11) is -2.22. The van der Waals surface area contributed by atoms with Gasteiger partial charge in [-0.15, -0.1) is 0 Å². The number of hydrogen-bond donors (Lipinski definition) is 2. The fraction of sp³-hybridized carbons (Fsp3) is 0.529. The first-order valence-corrected chi connectivity index (χ1v) is 9.64. The second-order valence-electron chi connectivity index (χ2n) is 5.88. The Kier molecular flexibility index (Phi) is 8.70. The van der Waals surface area contributed by atoms with Crippen LogP contribution in [0.2, 0.25) is 0 Å². The third kappa shape index (κ3) is 7.11. The minimum atomic E-state index is -3.73. The van der Waals surface area contributed by atoms with E-state index in [0.29, 0.717) is 24.3 Å². The molecule has 0 bridgehead atoms. The number of aryl methyl sites for hydroxylation is 3. The molecule has 146 valence electrons. The Morgan fingerprint density at radius 2 is 1.69 bits per heavy atom. The highest BCUT2D eigenvalue weighted by molar-refractivity contribution is 7.89. The first-order chi connectivity index (χ1) is 12.2. The zero-order valence-corrected chi connectivity index (χ0v) is 16.4. The quantitative estimate of drug-likeness (QED) is 0.450. The predicted octanol–water partition coefficient (Wildman–Crippen LogP) is 0.586. The average molecular weight is 386 g/mol. The fourth-order valence-electron chi connectivity index (χ4n) is 2.51. The van der Waals surface area contributed by atoms with E-state index in [4.69, 9.17) is 9.47 Å². The lowest BCUT2D eigenvalue weighted by atomic mass is 10.1. The van der Waals surface area contributed by atoms with Crippen LogP contribution in [-0.4, -0.2) is 53.7 Å². The van der Waals surface area contributed by atoms with E-state index in [0.717, 1.165) is 5.56 Å². The van der Waals surface area contributed by atoms with Crippen LogP contribution in [0.15, 0.2) is 17.0 Å². The summed E-state index contributed by atoms with van der Waals surface area (Å²) in [6.45, 7) is 5.51. The standard InChI is InChI=1S/C17H26N2O6S/c1-12-9-13(2)17(14(3)10-12)26(22,23)19-6-5-16(21)25-11-15(20)18-7-8-24-4/h9-10,19H,5-8,11H2,1-4H3,(H,18,20). The van der Waals surface area contributed by atoms with E-state index in [1.807, 2.05) is 6.92 Å². The molecule has 0 heterocycles. The molecule has 0 aliphatic heterocycles. The first kappa shape index (κ1) is 22.1. The van der Waals surface area contributed by atoms with Crippen LogP contribution in [0.1, 0.15) is 23.1 Å². The highest BCUT2D eigenvalue weighted by Crippen LogP contribution is 2.21. The lowest BCUT2D eigenvalue weighted by molar-refractivity contribution is -0.148. The average Bonchev–Trinajstić information content (AvgIpc) is 2.51. The van der Waals surface area contributed by atoms with Gasteiger partial charge in [0, 0.05) is 20.2 Å². The number of amides is 1. The molecule has 1 amide bonds. The van der Waals surface area contributed by atoms with Gasteiger partial charge in [-0.1, -0.05) is 17.7 Å².